The van der Waals surface area contributed by atoms with E-state index < -0.39 is 5.97 Å². The summed E-state index contributed by atoms with van der Waals surface area (Å²) in [7, 11) is 0. The summed E-state index contributed by atoms with van der Waals surface area (Å²) in [6, 6.07) is 18.6. The van der Waals surface area contributed by atoms with Gasteiger partial charge < -0.3 is 14.7 Å². The standard InChI is InChI=1S/C21H15ClN2O3/c22-14-10-17(23-11-14)21(26)27-12-18(25)19-15-8-4-5-9-16(15)24-20(19)13-6-2-1-3-7-13/h1-11,23-24H,12H2. The average molecular weight is 379 g/mol. The van der Waals surface area contributed by atoms with E-state index in [-0.39, 0.29) is 18.1 Å². The van der Waals surface area contributed by atoms with Gasteiger partial charge in [-0.05, 0) is 17.7 Å². The largest absolute Gasteiger partial charge is 0.453 e. The number of carbonyl (C=O) groups is 2. The van der Waals surface area contributed by atoms with E-state index in [4.69, 9.17) is 16.3 Å². The number of hydrogen-bond acceptors (Lipinski definition) is 3. The summed E-state index contributed by atoms with van der Waals surface area (Å²) in [5.41, 5.74) is 3.16. The molecule has 4 rings (SSSR count). The van der Waals surface area contributed by atoms with Crippen molar-refractivity contribution in [3.63, 3.8) is 0 Å². The van der Waals surface area contributed by atoms with Crippen molar-refractivity contribution in [2.75, 3.05) is 6.61 Å². The zero-order valence-electron chi connectivity index (χ0n) is 14.2. The first-order valence-electron chi connectivity index (χ1n) is 8.34. The van der Waals surface area contributed by atoms with Crippen molar-refractivity contribution in [1.82, 2.24) is 9.97 Å². The van der Waals surface area contributed by atoms with Crippen LogP contribution >= 0.6 is 11.6 Å². The fourth-order valence-electron chi connectivity index (χ4n) is 3.02. The van der Waals surface area contributed by atoms with E-state index in [1.807, 2.05) is 54.6 Å². The number of para-hydroxylation sites is 1. The molecule has 0 radical (unpaired) electrons. The van der Waals surface area contributed by atoms with Crippen LogP contribution in [0, 0.1) is 0 Å². The van der Waals surface area contributed by atoms with E-state index in [9.17, 15) is 9.59 Å². The minimum absolute atomic E-state index is 0.204. The molecule has 0 amide bonds. The molecule has 0 saturated carbocycles. The van der Waals surface area contributed by atoms with E-state index in [1.165, 1.54) is 12.3 Å². The van der Waals surface area contributed by atoms with Crippen LogP contribution in [0.1, 0.15) is 20.8 Å². The lowest BCUT2D eigenvalue weighted by Gasteiger charge is -2.06. The predicted molar refractivity (Wildman–Crippen MR) is 104 cm³/mol. The summed E-state index contributed by atoms with van der Waals surface area (Å²) in [6.07, 6.45) is 1.48. The lowest BCUT2D eigenvalue weighted by molar-refractivity contribution is 0.0470. The van der Waals surface area contributed by atoms with E-state index in [0.717, 1.165) is 16.5 Å². The highest BCUT2D eigenvalue weighted by molar-refractivity contribution is 6.30. The number of nitrogens with one attached hydrogen (secondary N) is 2. The molecule has 2 aromatic heterocycles. The Balaban J connectivity index is 1.65. The molecule has 134 valence electrons. The van der Waals surface area contributed by atoms with Gasteiger partial charge in [0.05, 0.1) is 16.3 Å². The van der Waals surface area contributed by atoms with Crippen molar-refractivity contribution in [3.05, 3.63) is 83.1 Å². The number of carbonyl (C=O) groups excluding carboxylic acids is 2. The summed E-state index contributed by atoms with van der Waals surface area (Å²) in [6.45, 7) is -0.364. The number of H-pyrrole nitrogens is 2. The van der Waals surface area contributed by atoms with Gasteiger partial charge in [0.2, 0.25) is 5.78 Å². The van der Waals surface area contributed by atoms with Crippen LogP contribution in [0.5, 0.6) is 0 Å². The summed E-state index contributed by atoms with van der Waals surface area (Å²) in [5.74, 6) is -0.909. The maximum Gasteiger partial charge on any atom is 0.355 e. The molecule has 6 heteroatoms. The van der Waals surface area contributed by atoms with Crippen LogP contribution in [0.15, 0.2) is 66.9 Å². The number of esters is 1. The zero-order chi connectivity index (χ0) is 18.8. The average Bonchev–Trinajstić information content (AvgIpc) is 3.30. The Hall–Kier alpha value is -3.31. The van der Waals surface area contributed by atoms with Gasteiger partial charge in [-0.15, -0.1) is 0 Å². The van der Waals surface area contributed by atoms with Gasteiger partial charge >= 0.3 is 5.97 Å². The van der Waals surface area contributed by atoms with Crippen molar-refractivity contribution in [1.29, 1.82) is 0 Å². The minimum Gasteiger partial charge on any atom is -0.453 e. The van der Waals surface area contributed by atoms with Gasteiger partial charge in [-0.2, -0.15) is 0 Å². The highest BCUT2D eigenvalue weighted by atomic mass is 35.5. The van der Waals surface area contributed by atoms with E-state index in [1.54, 1.807) is 0 Å². The van der Waals surface area contributed by atoms with Crippen molar-refractivity contribution >= 4 is 34.3 Å². The van der Waals surface area contributed by atoms with Gasteiger partial charge in [-0.1, -0.05) is 60.1 Å². The summed E-state index contributed by atoms with van der Waals surface area (Å²) in [4.78, 5) is 31.0. The first kappa shape index (κ1) is 17.1. The Kier molecular flexibility index (Phi) is 4.52. The molecule has 0 saturated heterocycles. The van der Waals surface area contributed by atoms with Crippen LogP contribution in [0.25, 0.3) is 22.2 Å². The first-order chi connectivity index (χ1) is 13.1. The van der Waals surface area contributed by atoms with Crippen molar-refractivity contribution in [2.24, 2.45) is 0 Å². The topological polar surface area (TPSA) is 75.0 Å². The molecule has 27 heavy (non-hydrogen) atoms. The molecule has 0 bridgehead atoms. The molecule has 0 aliphatic heterocycles. The molecule has 5 nitrogen and oxygen atoms in total. The van der Waals surface area contributed by atoms with Gasteiger partial charge in [-0.25, -0.2) is 4.79 Å². The smallest absolute Gasteiger partial charge is 0.355 e. The SMILES string of the molecule is O=C(OCC(=O)c1c(-c2ccccc2)[nH]c2ccccc12)c1cc(Cl)c[nH]1. The molecule has 0 atom stereocenters. The molecule has 2 heterocycles. The third kappa shape index (κ3) is 3.37. The maximum absolute atomic E-state index is 12.9. The number of hydrogen-bond donors (Lipinski definition) is 2. The quantitative estimate of drug-likeness (QED) is 0.385. The second kappa shape index (κ2) is 7.13. The van der Waals surface area contributed by atoms with Gasteiger partial charge in [0, 0.05) is 17.1 Å². The van der Waals surface area contributed by atoms with Crippen molar-refractivity contribution in [3.8, 4) is 11.3 Å². The number of rotatable bonds is 5. The fourth-order valence-corrected chi connectivity index (χ4v) is 3.18. The molecule has 4 aromatic rings. The Morgan fingerprint density at radius 2 is 1.74 bits per heavy atom. The molecular formula is C21H15ClN2O3. The third-order valence-electron chi connectivity index (χ3n) is 4.25. The summed E-state index contributed by atoms with van der Waals surface area (Å²) < 4.78 is 5.17. The minimum atomic E-state index is -0.628. The molecule has 0 spiro atoms. The number of benzene rings is 2. The molecular weight excluding hydrogens is 364 g/mol. The number of halogens is 1. The normalized spacial score (nSPS) is 10.9. The second-order valence-corrected chi connectivity index (χ2v) is 6.45. The Morgan fingerprint density at radius 1 is 1.00 bits per heavy atom. The highest BCUT2D eigenvalue weighted by Gasteiger charge is 2.21. The van der Waals surface area contributed by atoms with Crippen LogP contribution in [-0.4, -0.2) is 28.3 Å². The lowest BCUT2D eigenvalue weighted by atomic mass is 10.0. The number of Topliss-reactive ketones (excluding diaryl/α,β-unsaturated/α-hetero) is 1. The summed E-state index contributed by atoms with van der Waals surface area (Å²) in [5, 5.41) is 1.19. The molecule has 0 aliphatic carbocycles. The Morgan fingerprint density at radius 3 is 2.48 bits per heavy atom. The van der Waals surface area contributed by atoms with Crippen molar-refractivity contribution < 1.29 is 14.3 Å². The number of aromatic nitrogens is 2. The number of fused-ring (bicyclic) bond motifs is 1. The number of ether oxygens (including phenoxy) is 1. The van der Waals surface area contributed by atoms with E-state index in [0.29, 0.717) is 16.3 Å². The maximum atomic E-state index is 12.9. The predicted octanol–water partition coefficient (Wildman–Crippen LogP) is 4.86. The van der Waals surface area contributed by atoms with E-state index in [2.05, 4.69) is 9.97 Å². The first-order valence-corrected chi connectivity index (χ1v) is 8.71. The van der Waals surface area contributed by atoms with Gasteiger partial charge in [0.1, 0.15) is 5.69 Å². The molecule has 0 aliphatic rings. The summed E-state index contributed by atoms with van der Waals surface area (Å²) >= 11 is 5.79. The third-order valence-corrected chi connectivity index (χ3v) is 4.47. The molecule has 2 aromatic carbocycles. The Labute approximate surface area is 159 Å². The number of ketones is 1. The van der Waals surface area contributed by atoms with E-state index >= 15 is 0 Å². The number of aromatic amines is 2. The van der Waals surface area contributed by atoms with Gasteiger partial charge in [-0.3, -0.25) is 4.79 Å². The van der Waals surface area contributed by atoms with Gasteiger partial charge in [0.25, 0.3) is 0 Å². The molecule has 0 fully saturated rings. The van der Waals surface area contributed by atoms with Crippen LogP contribution in [0.3, 0.4) is 0 Å². The highest BCUT2D eigenvalue weighted by Crippen LogP contribution is 2.30. The molecule has 2 N–H and O–H groups in total. The van der Waals surface area contributed by atoms with Crippen LogP contribution < -0.4 is 0 Å². The van der Waals surface area contributed by atoms with Crippen LogP contribution in [0.2, 0.25) is 5.02 Å². The van der Waals surface area contributed by atoms with Gasteiger partial charge in [0.15, 0.2) is 6.61 Å². The van der Waals surface area contributed by atoms with Crippen molar-refractivity contribution in [2.45, 2.75) is 0 Å². The molecule has 0 unspecified atom stereocenters. The fraction of sp³-hybridized carbons (Fsp3) is 0.0476. The zero-order valence-corrected chi connectivity index (χ0v) is 14.9. The second-order valence-electron chi connectivity index (χ2n) is 6.02. The lowest BCUT2D eigenvalue weighted by Crippen LogP contribution is -2.15. The van der Waals surface area contributed by atoms with Crippen LogP contribution in [0.4, 0.5) is 0 Å². The van der Waals surface area contributed by atoms with Crippen LogP contribution in [-0.2, 0) is 4.74 Å². The Bertz CT molecular complexity index is 1130. The monoisotopic (exact) mass is 378 g/mol.